The lowest BCUT2D eigenvalue weighted by Crippen LogP contribution is -2.69. The highest BCUT2D eigenvalue weighted by Gasteiger charge is 2.60. The van der Waals surface area contributed by atoms with E-state index in [2.05, 4.69) is 0 Å². The average Bonchev–Trinajstić information content (AvgIpc) is 3.36. The number of rotatable bonds is 23. The van der Waals surface area contributed by atoms with Crippen LogP contribution in [-0.2, 0) is 114 Å². The SMILES string of the molecule is COC1C(OC)[C@H](O[C@H]2O[C@@H](COC(C)=O)[C@@H](O[C@@H]3OC(C(=O)O)[C@@H](O[C@@H]4OC(COC(C)=O)[C@H](OC)[C@H](OC)C4N)[C@H](OC)C3OC)C(OC(C)=O)C2O)[C@H](C(=O)O)O[C@@H]1O[C@@H]1C(CO)O[C@H](OC)C(O)[C@H]1O. The van der Waals surface area contributed by atoms with Crippen molar-refractivity contribution in [2.24, 2.45) is 5.73 Å². The molecule has 5 rings (SSSR count). The fraction of sp³-hybridized carbons (Fsp3) is 0.884. The average molecular weight is 1080 g/mol. The lowest BCUT2D eigenvalue weighted by atomic mass is 9.94. The molecule has 25 atom stereocenters. The molecule has 8 N–H and O–H groups in total. The minimum Gasteiger partial charge on any atom is -0.479 e. The van der Waals surface area contributed by atoms with Gasteiger partial charge < -0.3 is 126 Å². The van der Waals surface area contributed by atoms with E-state index in [9.17, 15) is 54.6 Å². The van der Waals surface area contributed by atoms with E-state index in [1.807, 2.05) is 0 Å². The van der Waals surface area contributed by atoms with Crippen molar-refractivity contribution in [1.29, 1.82) is 0 Å². The fourth-order valence-electron chi connectivity index (χ4n) is 9.39. The molecule has 0 aliphatic carbocycles. The molecule has 31 heteroatoms. The van der Waals surface area contributed by atoms with Crippen LogP contribution in [0.4, 0.5) is 0 Å². The lowest BCUT2D eigenvalue weighted by molar-refractivity contribution is -0.389. The number of hydrogen-bond acceptors (Lipinski definition) is 29. The number of aliphatic carboxylic acids is 2. The first-order valence-corrected chi connectivity index (χ1v) is 23.0. The van der Waals surface area contributed by atoms with E-state index in [4.69, 9.17) is 95.7 Å². The highest BCUT2D eigenvalue weighted by Crippen LogP contribution is 2.39. The number of methoxy groups -OCH3 is 7. The molecule has 0 aromatic carbocycles. The third-order valence-electron chi connectivity index (χ3n) is 12.8. The second kappa shape index (κ2) is 27.7. The van der Waals surface area contributed by atoms with E-state index in [1.165, 1.54) is 42.5 Å². The predicted molar refractivity (Wildman–Crippen MR) is 232 cm³/mol. The lowest BCUT2D eigenvalue weighted by Gasteiger charge is -2.51. The van der Waals surface area contributed by atoms with E-state index in [0.29, 0.717) is 0 Å². The molecule has 31 nitrogen and oxygen atoms in total. The van der Waals surface area contributed by atoms with Crippen molar-refractivity contribution in [3.05, 3.63) is 0 Å². The van der Waals surface area contributed by atoms with Crippen molar-refractivity contribution in [2.45, 2.75) is 174 Å². The van der Waals surface area contributed by atoms with Gasteiger partial charge in [-0.25, -0.2) is 9.59 Å². The Labute approximate surface area is 423 Å². The van der Waals surface area contributed by atoms with Crippen molar-refractivity contribution in [1.82, 2.24) is 0 Å². The first-order valence-electron chi connectivity index (χ1n) is 23.0. The highest BCUT2D eigenvalue weighted by atomic mass is 16.8. The molecule has 5 saturated heterocycles. The number of hydrogen-bond donors (Lipinski definition) is 7. The maximum Gasteiger partial charge on any atom is 0.335 e. The van der Waals surface area contributed by atoms with E-state index >= 15 is 0 Å². The zero-order valence-electron chi connectivity index (χ0n) is 42.1. The number of aliphatic hydroxyl groups is 4. The Morgan fingerprint density at radius 1 is 0.419 bits per heavy atom. The third kappa shape index (κ3) is 13.8. The first kappa shape index (κ1) is 61.4. The molecule has 5 aliphatic rings. The van der Waals surface area contributed by atoms with Gasteiger partial charge in [-0.05, 0) is 0 Å². The van der Waals surface area contributed by atoms with Crippen LogP contribution in [0.25, 0.3) is 0 Å². The Kier molecular flexibility index (Phi) is 23.0. The molecule has 0 bridgehead atoms. The van der Waals surface area contributed by atoms with Crippen LogP contribution >= 0.6 is 0 Å². The number of carboxylic acid groups (broad SMARTS) is 2. The van der Waals surface area contributed by atoms with Gasteiger partial charge in [-0.2, -0.15) is 0 Å². The zero-order chi connectivity index (χ0) is 54.9. The van der Waals surface area contributed by atoms with E-state index < -0.39 is 197 Å². The van der Waals surface area contributed by atoms with Gasteiger partial charge in [0.05, 0.1) is 12.6 Å². The van der Waals surface area contributed by atoms with Crippen LogP contribution < -0.4 is 5.73 Å². The second-order valence-corrected chi connectivity index (χ2v) is 17.4. The molecule has 426 valence electrons. The van der Waals surface area contributed by atoms with Crippen LogP contribution in [0.15, 0.2) is 0 Å². The van der Waals surface area contributed by atoms with Crippen LogP contribution in [0.1, 0.15) is 20.8 Å². The monoisotopic (exact) mass is 1080 g/mol. The van der Waals surface area contributed by atoms with Gasteiger partial charge in [-0.1, -0.05) is 0 Å². The molecule has 10 unspecified atom stereocenters. The molecule has 0 radical (unpaired) electrons. The van der Waals surface area contributed by atoms with Crippen LogP contribution in [-0.4, -0.2) is 284 Å². The summed E-state index contributed by atoms with van der Waals surface area (Å²) in [6, 6.07) is -1.16. The molecule has 74 heavy (non-hydrogen) atoms. The zero-order valence-corrected chi connectivity index (χ0v) is 42.1. The van der Waals surface area contributed by atoms with Gasteiger partial charge in [0.15, 0.2) is 49.8 Å². The molecule has 0 spiro atoms. The summed E-state index contributed by atoms with van der Waals surface area (Å²) in [7, 11) is 8.54. The summed E-state index contributed by atoms with van der Waals surface area (Å²) in [6.07, 6.45) is -38.6. The molecule has 5 aliphatic heterocycles. The van der Waals surface area contributed by atoms with Gasteiger partial charge in [0.25, 0.3) is 0 Å². The maximum absolute atomic E-state index is 13.1. The van der Waals surface area contributed by atoms with Crippen LogP contribution in [0.3, 0.4) is 0 Å². The summed E-state index contributed by atoms with van der Waals surface area (Å²) < 4.78 is 109. The largest absolute Gasteiger partial charge is 0.479 e. The summed E-state index contributed by atoms with van der Waals surface area (Å²) in [5.41, 5.74) is 6.52. The number of esters is 3. The second-order valence-electron chi connectivity index (χ2n) is 17.4. The Bertz CT molecular complexity index is 1830. The predicted octanol–water partition coefficient (Wildman–Crippen LogP) is -5.48. The smallest absolute Gasteiger partial charge is 0.335 e. The van der Waals surface area contributed by atoms with Gasteiger partial charge in [0, 0.05) is 70.5 Å². The minimum atomic E-state index is -2.14. The van der Waals surface area contributed by atoms with Crippen molar-refractivity contribution < 1.29 is 145 Å². The molecule has 0 saturated carbocycles. The number of nitrogens with two attached hydrogens (primary N) is 1. The molecule has 0 aromatic heterocycles. The molecule has 0 amide bonds. The molecular weight excluding hydrogens is 1010 g/mol. The summed E-state index contributed by atoms with van der Waals surface area (Å²) >= 11 is 0. The van der Waals surface area contributed by atoms with Gasteiger partial charge >= 0.3 is 29.8 Å². The van der Waals surface area contributed by atoms with Gasteiger partial charge in [-0.15, -0.1) is 0 Å². The molecule has 0 aromatic rings. The topological polar surface area (TPSA) is 408 Å². The summed E-state index contributed by atoms with van der Waals surface area (Å²) in [4.78, 5) is 62.9. The highest BCUT2D eigenvalue weighted by molar-refractivity contribution is 5.74. The number of ether oxygens (including phenoxy) is 19. The fourth-order valence-corrected chi connectivity index (χ4v) is 9.39. The van der Waals surface area contributed by atoms with E-state index in [1.54, 1.807) is 0 Å². The maximum atomic E-state index is 13.1. The first-order chi connectivity index (χ1) is 35.1. The van der Waals surface area contributed by atoms with Crippen molar-refractivity contribution in [3.8, 4) is 0 Å². The third-order valence-corrected chi connectivity index (χ3v) is 12.8. The number of carbonyl (C=O) groups excluding carboxylic acids is 3. The summed E-state index contributed by atoms with van der Waals surface area (Å²) in [6.45, 7) is 1.34. The standard InChI is InChI=1S/C43H69NO30/c1-14(46)63-12-18-25(56-4)27(57-5)20(44)39(67-18)71-31-29(58-6)36(61-9)43(74-33(31)37(52)53)70-26-19(13-64-15(2)47)68-41(23(51)28(26)65-16(3)48)72-32-30(59-7)35(60-8)42(73-34(32)38(54)55)69-24-17(11-45)66-40(62-10)22(50)21(24)49/h17-36,39-43,45,49-51H,11-13,44H2,1-10H3,(H,52,53)(H,54,55)/t17?,18?,19-,20?,21+,22?,23?,24+,25-,26+,27+,28?,29-,30?,31-,32-,33?,34+,35?,36?,39-,40-,41+,42-,43+/m0/s1. The van der Waals surface area contributed by atoms with E-state index in [-0.39, 0.29) is 6.61 Å². The number of carbonyl (C=O) groups is 5. The molecular formula is C43H69NO30. The van der Waals surface area contributed by atoms with Crippen molar-refractivity contribution >= 4 is 29.8 Å². The Morgan fingerprint density at radius 2 is 0.838 bits per heavy atom. The van der Waals surface area contributed by atoms with E-state index in [0.717, 1.165) is 28.1 Å². The van der Waals surface area contributed by atoms with Gasteiger partial charge in [-0.3, -0.25) is 14.4 Å². The van der Waals surface area contributed by atoms with Gasteiger partial charge in [0.1, 0.15) is 111 Å². The number of aliphatic hydroxyl groups excluding tert-OH is 4. The number of carboxylic acids is 2. The Balaban J connectivity index is 1.45. The normalized spacial score (nSPS) is 42.7. The van der Waals surface area contributed by atoms with Gasteiger partial charge in [0.2, 0.25) is 0 Å². The molecule has 5 heterocycles. The summed E-state index contributed by atoms with van der Waals surface area (Å²) in [5, 5.41) is 64.8. The van der Waals surface area contributed by atoms with Crippen molar-refractivity contribution in [3.63, 3.8) is 0 Å². The Morgan fingerprint density at radius 3 is 1.26 bits per heavy atom. The minimum absolute atomic E-state index is 0.338. The molecule has 5 fully saturated rings. The van der Waals surface area contributed by atoms with Crippen LogP contribution in [0, 0.1) is 0 Å². The van der Waals surface area contributed by atoms with Crippen LogP contribution in [0.2, 0.25) is 0 Å². The van der Waals surface area contributed by atoms with Crippen molar-refractivity contribution in [2.75, 3.05) is 69.6 Å². The van der Waals surface area contributed by atoms with Crippen LogP contribution in [0.5, 0.6) is 0 Å². The quantitative estimate of drug-likeness (QED) is 0.0371. The summed E-state index contributed by atoms with van der Waals surface area (Å²) in [5.74, 6) is -5.85. The Hall–Kier alpha value is -3.49.